The van der Waals surface area contributed by atoms with Crippen molar-refractivity contribution in [3.63, 3.8) is 0 Å². The second-order valence-corrected chi connectivity index (χ2v) is 8.79. The van der Waals surface area contributed by atoms with Gasteiger partial charge in [0.1, 0.15) is 5.76 Å². The fourth-order valence-corrected chi connectivity index (χ4v) is 4.00. The number of likely N-dealkylation sites (tertiary alicyclic amines) is 1. The first-order valence-corrected chi connectivity index (χ1v) is 10.7. The summed E-state index contributed by atoms with van der Waals surface area (Å²) in [6.07, 6.45) is 3.30. The molecule has 1 saturated heterocycles. The zero-order valence-electron chi connectivity index (χ0n) is 17.7. The summed E-state index contributed by atoms with van der Waals surface area (Å²) in [5.41, 5.74) is 1.33. The van der Waals surface area contributed by atoms with E-state index in [1.807, 2.05) is 49.1 Å². The molecule has 3 rings (SSSR count). The summed E-state index contributed by atoms with van der Waals surface area (Å²) in [6, 6.07) is 11.8. The molecule has 0 aliphatic carbocycles. The van der Waals surface area contributed by atoms with Crippen LogP contribution < -0.4 is 0 Å². The maximum atomic E-state index is 12.7. The molecule has 29 heavy (non-hydrogen) atoms. The average molecular weight is 418 g/mol. The van der Waals surface area contributed by atoms with Gasteiger partial charge in [-0.2, -0.15) is 0 Å². The lowest BCUT2D eigenvalue weighted by Gasteiger charge is -2.33. The smallest absolute Gasteiger partial charge is 0.289 e. The van der Waals surface area contributed by atoms with Crippen molar-refractivity contribution in [1.29, 1.82) is 0 Å². The van der Waals surface area contributed by atoms with E-state index in [2.05, 4.69) is 17.0 Å². The molecule has 1 aliphatic rings. The standard InChI is InChI=1S/C23H32ClN3O2/c1-25(2)17-21-8-9-22(29-21)23(28)26(3)16-19-11-14-27(15-12-19)13-10-18-4-6-20(24)7-5-18/h4-9,19H,10-17H2,1-3H3. The molecule has 0 bridgehead atoms. The lowest BCUT2D eigenvalue weighted by molar-refractivity contribution is 0.0706. The minimum Gasteiger partial charge on any atom is -0.455 e. The van der Waals surface area contributed by atoms with Crippen LogP contribution in [-0.4, -0.2) is 67.9 Å². The fraction of sp³-hybridized carbons (Fsp3) is 0.522. The van der Waals surface area contributed by atoms with E-state index >= 15 is 0 Å². The molecule has 0 radical (unpaired) electrons. The number of furan rings is 1. The number of nitrogens with zero attached hydrogens (tertiary/aromatic N) is 3. The number of carbonyl (C=O) groups excluding carboxylic acids is 1. The van der Waals surface area contributed by atoms with Gasteiger partial charge in [0.15, 0.2) is 5.76 Å². The Morgan fingerprint density at radius 2 is 1.79 bits per heavy atom. The van der Waals surface area contributed by atoms with Crippen molar-refractivity contribution in [2.75, 3.05) is 47.3 Å². The van der Waals surface area contributed by atoms with Crippen LogP contribution in [0.25, 0.3) is 0 Å². The first kappa shape index (κ1) is 21.9. The monoisotopic (exact) mass is 417 g/mol. The second-order valence-electron chi connectivity index (χ2n) is 8.35. The molecule has 0 atom stereocenters. The van der Waals surface area contributed by atoms with Crippen LogP contribution in [0.2, 0.25) is 5.02 Å². The number of carbonyl (C=O) groups is 1. The Kier molecular flexibility index (Phi) is 7.76. The highest BCUT2D eigenvalue weighted by Gasteiger charge is 2.23. The number of halogens is 1. The van der Waals surface area contributed by atoms with Crippen molar-refractivity contribution in [3.8, 4) is 0 Å². The van der Waals surface area contributed by atoms with E-state index in [-0.39, 0.29) is 5.91 Å². The van der Waals surface area contributed by atoms with E-state index in [1.165, 1.54) is 5.56 Å². The van der Waals surface area contributed by atoms with Gasteiger partial charge in [-0.25, -0.2) is 0 Å². The molecule has 2 heterocycles. The molecule has 1 aromatic carbocycles. The number of amides is 1. The molecule has 1 aliphatic heterocycles. The van der Waals surface area contributed by atoms with E-state index in [4.69, 9.17) is 16.0 Å². The van der Waals surface area contributed by atoms with E-state index in [0.29, 0.717) is 18.2 Å². The lowest BCUT2D eigenvalue weighted by Crippen LogP contribution is -2.40. The molecular weight excluding hydrogens is 386 g/mol. The van der Waals surface area contributed by atoms with Crippen LogP contribution in [0.1, 0.15) is 34.7 Å². The summed E-state index contributed by atoms with van der Waals surface area (Å²) in [6.45, 7) is 4.74. The first-order chi connectivity index (χ1) is 13.9. The molecule has 0 unspecified atom stereocenters. The van der Waals surface area contributed by atoms with Gasteiger partial charge in [-0.15, -0.1) is 0 Å². The molecule has 2 aromatic rings. The predicted molar refractivity (Wildman–Crippen MR) is 117 cm³/mol. The van der Waals surface area contributed by atoms with Crippen molar-refractivity contribution in [2.24, 2.45) is 5.92 Å². The van der Waals surface area contributed by atoms with Gasteiger partial charge >= 0.3 is 0 Å². The average Bonchev–Trinajstić information content (AvgIpc) is 3.15. The van der Waals surface area contributed by atoms with Gasteiger partial charge in [0, 0.05) is 25.2 Å². The Morgan fingerprint density at radius 1 is 1.10 bits per heavy atom. The molecule has 158 valence electrons. The molecular formula is C23H32ClN3O2. The van der Waals surface area contributed by atoms with Crippen LogP contribution in [0.3, 0.4) is 0 Å². The maximum absolute atomic E-state index is 12.7. The van der Waals surface area contributed by atoms with E-state index in [0.717, 1.165) is 56.2 Å². The number of piperidine rings is 1. The fourth-order valence-electron chi connectivity index (χ4n) is 3.88. The van der Waals surface area contributed by atoms with Crippen molar-refractivity contribution in [1.82, 2.24) is 14.7 Å². The Bertz CT molecular complexity index is 780. The SMILES string of the molecule is CN(C)Cc1ccc(C(=O)N(C)CC2CCN(CCc3ccc(Cl)cc3)CC2)o1. The largest absolute Gasteiger partial charge is 0.455 e. The third-order valence-corrected chi connectivity index (χ3v) is 5.81. The molecule has 5 nitrogen and oxygen atoms in total. The summed E-state index contributed by atoms with van der Waals surface area (Å²) in [7, 11) is 5.85. The second kappa shape index (κ2) is 10.3. The van der Waals surface area contributed by atoms with E-state index in [9.17, 15) is 4.79 Å². The van der Waals surface area contributed by atoms with E-state index in [1.54, 1.807) is 6.07 Å². The Balaban J connectivity index is 1.40. The van der Waals surface area contributed by atoms with Crippen molar-refractivity contribution < 1.29 is 9.21 Å². The van der Waals surface area contributed by atoms with Crippen LogP contribution >= 0.6 is 11.6 Å². The van der Waals surface area contributed by atoms with Crippen LogP contribution in [-0.2, 0) is 13.0 Å². The zero-order valence-corrected chi connectivity index (χ0v) is 18.5. The highest BCUT2D eigenvalue weighted by atomic mass is 35.5. The van der Waals surface area contributed by atoms with Crippen molar-refractivity contribution >= 4 is 17.5 Å². The van der Waals surface area contributed by atoms with Gasteiger partial charge in [0.2, 0.25) is 0 Å². The summed E-state index contributed by atoms with van der Waals surface area (Å²) in [5, 5.41) is 0.789. The normalized spacial score (nSPS) is 15.8. The van der Waals surface area contributed by atoms with Crippen LogP contribution in [0.15, 0.2) is 40.8 Å². The number of hydrogen-bond donors (Lipinski definition) is 0. The van der Waals surface area contributed by atoms with Crippen LogP contribution in [0, 0.1) is 5.92 Å². The van der Waals surface area contributed by atoms with Crippen molar-refractivity contribution in [2.45, 2.75) is 25.8 Å². The molecule has 1 amide bonds. The highest BCUT2D eigenvalue weighted by Crippen LogP contribution is 2.20. The number of hydrogen-bond acceptors (Lipinski definition) is 4. The minimum atomic E-state index is -0.0276. The van der Waals surface area contributed by atoms with Gasteiger partial charge in [0.25, 0.3) is 5.91 Å². The molecule has 0 spiro atoms. The summed E-state index contributed by atoms with van der Waals surface area (Å²) in [4.78, 5) is 19.0. The van der Waals surface area contributed by atoms with Crippen molar-refractivity contribution in [3.05, 3.63) is 58.5 Å². The Hall–Kier alpha value is -1.82. The molecule has 1 aromatic heterocycles. The van der Waals surface area contributed by atoms with Crippen LogP contribution in [0.4, 0.5) is 0 Å². The molecule has 0 N–H and O–H groups in total. The summed E-state index contributed by atoms with van der Waals surface area (Å²) >= 11 is 5.95. The number of rotatable bonds is 8. The van der Waals surface area contributed by atoms with Gasteiger partial charge in [0.05, 0.1) is 6.54 Å². The number of benzene rings is 1. The zero-order chi connectivity index (χ0) is 20.8. The predicted octanol–water partition coefficient (Wildman–Crippen LogP) is 4.02. The maximum Gasteiger partial charge on any atom is 0.289 e. The lowest BCUT2D eigenvalue weighted by atomic mass is 9.96. The Labute approximate surface area is 179 Å². The third kappa shape index (κ3) is 6.59. The Morgan fingerprint density at radius 3 is 2.45 bits per heavy atom. The van der Waals surface area contributed by atoms with Gasteiger partial charge < -0.3 is 19.1 Å². The van der Waals surface area contributed by atoms with Gasteiger partial charge in [-0.3, -0.25) is 4.79 Å². The summed E-state index contributed by atoms with van der Waals surface area (Å²) in [5.74, 6) is 1.78. The molecule has 1 fully saturated rings. The molecule has 0 saturated carbocycles. The summed E-state index contributed by atoms with van der Waals surface area (Å²) < 4.78 is 5.72. The minimum absolute atomic E-state index is 0.0276. The highest BCUT2D eigenvalue weighted by molar-refractivity contribution is 6.30. The van der Waals surface area contributed by atoms with Gasteiger partial charge in [-0.05, 0) is 82.2 Å². The van der Waals surface area contributed by atoms with Crippen LogP contribution in [0.5, 0.6) is 0 Å². The first-order valence-electron chi connectivity index (χ1n) is 10.4. The van der Waals surface area contributed by atoms with Gasteiger partial charge in [-0.1, -0.05) is 23.7 Å². The molecule has 6 heteroatoms. The quantitative estimate of drug-likeness (QED) is 0.650. The topological polar surface area (TPSA) is 39.9 Å². The van der Waals surface area contributed by atoms with E-state index < -0.39 is 0 Å². The third-order valence-electron chi connectivity index (χ3n) is 5.56.